The number of amides is 3. The highest BCUT2D eigenvalue weighted by Gasteiger charge is 2.27. The molecule has 3 amide bonds. The van der Waals surface area contributed by atoms with Crippen molar-refractivity contribution in [3.8, 4) is 0 Å². The lowest BCUT2D eigenvalue weighted by Gasteiger charge is -2.31. The van der Waals surface area contributed by atoms with E-state index in [1.807, 2.05) is 0 Å². The quantitative estimate of drug-likeness (QED) is 0.592. The molecule has 0 aromatic carbocycles. The highest BCUT2D eigenvalue weighted by Crippen LogP contribution is 2.15. The number of urea groups is 1. The SMILES string of the molecule is COC(CNC(=O)N1CCCC(C(N)=O)C1)C(=O)O. The number of ether oxygens (including phenoxy) is 1. The maximum atomic E-state index is 11.8. The van der Waals surface area contributed by atoms with E-state index in [4.69, 9.17) is 15.6 Å². The van der Waals surface area contributed by atoms with Crippen LogP contribution in [0.15, 0.2) is 0 Å². The van der Waals surface area contributed by atoms with Crippen LogP contribution >= 0.6 is 0 Å². The zero-order valence-corrected chi connectivity index (χ0v) is 10.8. The van der Waals surface area contributed by atoms with Gasteiger partial charge in [-0.05, 0) is 12.8 Å². The lowest BCUT2D eigenvalue weighted by atomic mass is 9.98. The number of nitrogens with zero attached hydrogens (tertiary/aromatic N) is 1. The summed E-state index contributed by atoms with van der Waals surface area (Å²) >= 11 is 0. The van der Waals surface area contributed by atoms with Crippen molar-refractivity contribution >= 4 is 17.9 Å². The van der Waals surface area contributed by atoms with Crippen LogP contribution in [0.2, 0.25) is 0 Å². The number of carboxylic acid groups (broad SMARTS) is 1. The first kappa shape index (κ1) is 15.2. The number of likely N-dealkylation sites (tertiary alicyclic amines) is 1. The van der Waals surface area contributed by atoms with Crippen LogP contribution in [0.25, 0.3) is 0 Å². The summed E-state index contributed by atoms with van der Waals surface area (Å²) in [5.41, 5.74) is 5.22. The second-order valence-corrected chi connectivity index (χ2v) is 4.44. The van der Waals surface area contributed by atoms with E-state index >= 15 is 0 Å². The van der Waals surface area contributed by atoms with Gasteiger partial charge < -0.3 is 25.8 Å². The summed E-state index contributed by atoms with van der Waals surface area (Å²) in [6.45, 7) is 0.675. The van der Waals surface area contributed by atoms with Crippen LogP contribution in [0.1, 0.15) is 12.8 Å². The first-order valence-corrected chi connectivity index (χ1v) is 6.03. The number of methoxy groups -OCH3 is 1. The van der Waals surface area contributed by atoms with Crippen molar-refractivity contribution in [2.75, 3.05) is 26.7 Å². The number of hydrogen-bond donors (Lipinski definition) is 3. The van der Waals surface area contributed by atoms with E-state index in [2.05, 4.69) is 5.32 Å². The van der Waals surface area contributed by atoms with Gasteiger partial charge in [0.15, 0.2) is 6.10 Å². The molecule has 0 saturated carbocycles. The molecule has 0 spiro atoms. The molecule has 1 aliphatic rings. The van der Waals surface area contributed by atoms with Gasteiger partial charge in [0.2, 0.25) is 5.91 Å². The molecule has 19 heavy (non-hydrogen) atoms. The predicted molar refractivity (Wildman–Crippen MR) is 65.3 cm³/mol. The molecule has 8 heteroatoms. The minimum atomic E-state index is -1.14. The van der Waals surface area contributed by atoms with Gasteiger partial charge in [0.25, 0.3) is 0 Å². The zero-order chi connectivity index (χ0) is 14.4. The number of carboxylic acids is 1. The van der Waals surface area contributed by atoms with Crippen LogP contribution < -0.4 is 11.1 Å². The Morgan fingerprint density at radius 3 is 2.74 bits per heavy atom. The number of carbonyl (C=O) groups excluding carboxylic acids is 2. The molecule has 0 aromatic rings. The minimum absolute atomic E-state index is 0.123. The summed E-state index contributed by atoms with van der Waals surface area (Å²) in [6.07, 6.45) is 0.295. The number of rotatable bonds is 5. The van der Waals surface area contributed by atoms with Crippen LogP contribution in [0.3, 0.4) is 0 Å². The van der Waals surface area contributed by atoms with Gasteiger partial charge >= 0.3 is 12.0 Å². The Bertz CT molecular complexity index is 360. The molecule has 0 aromatic heterocycles. The summed E-state index contributed by atoms with van der Waals surface area (Å²) < 4.78 is 4.70. The lowest BCUT2D eigenvalue weighted by Crippen LogP contribution is -2.50. The summed E-state index contributed by atoms with van der Waals surface area (Å²) in [4.78, 5) is 35.1. The molecule has 1 saturated heterocycles. The molecule has 1 rings (SSSR count). The van der Waals surface area contributed by atoms with Gasteiger partial charge in [0.05, 0.1) is 12.5 Å². The number of hydrogen-bond acceptors (Lipinski definition) is 4. The lowest BCUT2D eigenvalue weighted by molar-refractivity contribution is -0.148. The number of primary amides is 1. The standard InChI is InChI=1S/C11H19N3O5/c1-19-8(10(16)17)5-13-11(18)14-4-2-3-7(6-14)9(12)15/h7-8H,2-6H2,1H3,(H2,12,15)(H,13,18)(H,16,17). The van der Waals surface area contributed by atoms with Gasteiger partial charge in [-0.1, -0.05) is 0 Å². The fraction of sp³-hybridized carbons (Fsp3) is 0.727. The second-order valence-electron chi connectivity index (χ2n) is 4.44. The van der Waals surface area contributed by atoms with Crippen molar-refractivity contribution in [2.24, 2.45) is 11.7 Å². The molecule has 108 valence electrons. The topological polar surface area (TPSA) is 122 Å². The highest BCUT2D eigenvalue weighted by atomic mass is 16.5. The molecular formula is C11H19N3O5. The molecule has 0 bridgehead atoms. The summed E-state index contributed by atoms with van der Waals surface area (Å²) in [7, 11) is 1.26. The molecule has 1 aliphatic heterocycles. The van der Waals surface area contributed by atoms with Crippen molar-refractivity contribution in [2.45, 2.75) is 18.9 Å². The van der Waals surface area contributed by atoms with E-state index in [9.17, 15) is 14.4 Å². The van der Waals surface area contributed by atoms with Gasteiger partial charge in [-0.2, -0.15) is 0 Å². The average molecular weight is 273 g/mol. The van der Waals surface area contributed by atoms with Crippen molar-refractivity contribution in [1.82, 2.24) is 10.2 Å². The van der Waals surface area contributed by atoms with Crippen molar-refractivity contribution in [1.29, 1.82) is 0 Å². The Labute approximate surface area is 110 Å². The van der Waals surface area contributed by atoms with E-state index < -0.39 is 24.0 Å². The fourth-order valence-electron chi connectivity index (χ4n) is 1.96. The molecule has 8 nitrogen and oxygen atoms in total. The van der Waals surface area contributed by atoms with Crippen LogP contribution in [0, 0.1) is 5.92 Å². The van der Waals surface area contributed by atoms with Crippen molar-refractivity contribution in [3.63, 3.8) is 0 Å². The number of nitrogens with one attached hydrogen (secondary N) is 1. The number of piperidine rings is 1. The van der Waals surface area contributed by atoms with E-state index in [1.54, 1.807) is 0 Å². The van der Waals surface area contributed by atoms with Gasteiger partial charge in [0, 0.05) is 20.2 Å². The maximum Gasteiger partial charge on any atom is 0.334 e. The Morgan fingerprint density at radius 2 is 2.21 bits per heavy atom. The van der Waals surface area contributed by atoms with Crippen molar-refractivity contribution in [3.05, 3.63) is 0 Å². The molecule has 1 fully saturated rings. The number of aliphatic carboxylic acids is 1. The Kier molecular flexibility index (Phi) is 5.56. The van der Waals surface area contributed by atoms with E-state index in [1.165, 1.54) is 12.0 Å². The third kappa shape index (κ3) is 4.40. The smallest absolute Gasteiger partial charge is 0.334 e. The molecular weight excluding hydrogens is 254 g/mol. The molecule has 0 radical (unpaired) electrons. The van der Waals surface area contributed by atoms with Gasteiger partial charge in [-0.3, -0.25) is 4.79 Å². The van der Waals surface area contributed by atoms with E-state index in [0.717, 1.165) is 0 Å². The van der Waals surface area contributed by atoms with Gasteiger partial charge in [-0.15, -0.1) is 0 Å². The second kappa shape index (κ2) is 6.93. The van der Waals surface area contributed by atoms with E-state index in [-0.39, 0.29) is 19.0 Å². The first-order valence-electron chi connectivity index (χ1n) is 6.03. The molecule has 4 N–H and O–H groups in total. The highest BCUT2D eigenvalue weighted by molar-refractivity contribution is 5.80. The molecule has 2 atom stereocenters. The zero-order valence-electron chi connectivity index (χ0n) is 10.8. The normalized spacial score (nSPS) is 20.7. The third-order valence-corrected chi connectivity index (χ3v) is 3.11. The molecule has 2 unspecified atom stereocenters. The van der Waals surface area contributed by atoms with Crippen LogP contribution in [-0.4, -0.2) is 60.8 Å². The largest absolute Gasteiger partial charge is 0.479 e. The number of nitrogens with two attached hydrogens (primary N) is 1. The third-order valence-electron chi connectivity index (χ3n) is 3.11. The maximum absolute atomic E-state index is 11.8. The predicted octanol–water partition coefficient (Wildman–Crippen LogP) is -1.01. The summed E-state index contributed by atoms with van der Waals surface area (Å²) in [5, 5.41) is 11.2. The van der Waals surface area contributed by atoms with Gasteiger partial charge in [0.1, 0.15) is 0 Å². The average Bonchev–Trinajstić information content (AvgIpc) is 2.38. The number of carbonyl (C=O) groups is 3. The van der Waals surface area contributed by atoms with Crippen molar-refractivity contribution < 1.29 is 24.2 Å². The Morgan fingerprint density at radius 1 is 1.53 bits per heavy atom. The summed E-state index contributed by atoms with van der Waals surface area (Å²) in [6, 6.07) is -0.408. The molecule has 0 aliphatic carbocycles. The summed E-state index contributed by atoms with van der Waals surface area (Å²) in [5.74, 6) is -1.90. The van der Waals surface area contributed by atoms with Crippen LogP contribution in [0.5, 0.6) is 0 Å². The van der Waals surface area contributed by atoms with Gasteiger partial charge in [-0.25, -0.2) is 9.59 Å². The first-order chi connectivity index (χ1) is 8.95. The van der Waals surface area contributed by atoms with E-state index in [0.29, 0.717) is 19.4 Å². The Balaban J connectivity index is 2.44. The molecule has 1 heterocycles. The van der Waals surface area contributed by atoms with Crippen LogP contribution in [0.4, 0.5) is 4.79 Å². The van der Waals surface area contributed by atoms with Crippen LogP contribution in [-0.2, 0) is 14.3 Å². The Hall–Kier alpha value is -1.83. The minimum Gasteiger partial charge on any atom is -0.479 e. The monoisotopic (exact) mass is 273 g/mol. The fourth-order valence-corrected chi connectivity index (χ4v) is 1.96.